The number of carbonyl (C=O) groups excluding carboxylic acids is 2. The summed E-state index contributed by atoms with van der Waals surface area (Å²) in [5, 5.41) is 23.3. The molecule has 0 fully saturated rings. The van der Waals surface area contributed by atoms with Crippen LogP contribution in [0.25, 0.3) is 0 Å². The normalized spacial score (nSPS) is 12.5. The molecule has 0 bridgehead atoms. The molecule has 1 amide bonds. The first kappa shape index (κ1) is 78.6. The van der Waals surface area contributed by atoms with E-state index in [0.717, 1.165) is 38.5 Å². The standard InChI is InChI=1S/C74H145NO5/c1-3-5-7-9-11-13-15-17-18-19-20-33-36-39-43-46-50-54-58-62-66-72(77)71(70-76)75-73(78)67-63-59-55-51-47-44-40-37-34-31-29-27-25-23-21-22-24-26-28-30-32-35-38-41-45-49-53-57-61-65-69-80-74(79)68-64-60-56-52-48-42-16-14-12-10-8-6-4-2/h62,66,71-72,76-77H,3-61,63-65,67-70H2,1-2H3,(H,75,78)/b66-62+. The summed E-state index contributed by atoms with van der Waals surface area (Å²) in [7, 11) is 0. The number of hydrogen-bond donors (Lipinski definition) is 3. The molecule has 0 spiro atoms. The van der Waals surface area contributed by atoms with Crippen LogP contribution in [0, 0.1) is 0 Å². The van der Waals surface area contributed by atoms with E-state index < -0.39 is 12.1 Å². The summed E-state index contributed by atoms with van der Waals surface area (Å²) in [4.78, 5) is 24.6. The molecule has 0 aliphatic heterocycles. The SMILES string of the molecule is CCCCCCCCCCCCCCCCCCCC/C=C/C(O)C(CO)NC(=O)CCCCCCCCCCCCCCCCCCCCCCCCCCCCCCCCOC(=O)CCCCCCCCCCCCCCC. The smallest absolute Gasteiger partial charge is 0.305 e. The fourth-order valence-corrected chi connectivity index (χ4v) is 11.9. The summed E-state index contributed by atoms with van der Waals surface area (Å²) in [6.07, 6.45) is 87.4. The molecule has 2 unspecified atom stereocenters. The van der Waals surface area contributed by atoms with Gasteiger partial charge in [0, 0.05) is 12.8 Å². The number of esters is 1. The third-order valence-corrected chi connectivity index (χ3v) is 17.6. The average Bonchev–Trinajstić information content (AvgIpc) is 3.46. The first-order chi connectivity index (χ1) is 39.5. The van der Waals surface area contributed by atoms with E-state index in [-0.39, 0.29) is 18.5 Å². The largest absolute Gasteiger partial charge is 0.466 e. The minimum Gasteiger partial charge on any atom is -0.466 e. The highest BCUT2D eigenvalue weighted by atomic mass is 16.5. The van der Waals surface area contributed by atoms with E-state index in [9.17, 15) is 19.8 Å². The van der Waals surface area contributed by atoms with Crippen molar-refractivity contribution in [3.63, 3.8) is 0 Å². The Morgan fingerprint density at radius 1 is 0.338 bits per heavy atom. The maximum Gasteiger partial charge on any atom is 0.305 e. The van der Waals surface area contributed by atoms with Gasteiger partial charge in [-0.25, -0.2) is 0 Å². The lowest BCUT2D eigenvalue weighted by Crippen LogP contribution is -2.45. The van der Waals surface area contributed by atoms with Crippen LogP contribution in [-0.2, 0) is 14.3 Å². The molecule has 0 radical (unpaired) electrons. The average molecular weight is 1130 g/mol. The molecule has 0 heterocycles. The number of amides is 1. The quantitative estimate of drug-likeness (QED) is 0.0320. The molecule has 0 rings (SSSR count). The van der Waals surface area contributed by atoms with Gasteiger partial charge in [-0.15, -0.1) is 0 Å². The Hall–Kier alpha value is -1.40. The van der Waals surface area contributed by atoms with Gasteiger partial charge in [0.25, 0.3) is 0 Å². The maximum absolute atomic E-state index is 12.5. The predicted molar refractivity (Wildman–Crippen MR) is 352 cm³/mol. The van der Waals surface area contributed by atoms with Gasteiger partial charge in [-0.2, -0.15) is 0 Å². The van der Waals surface area contributed by atoms with Crippen LogP contribution in [-0.4, -0.2) is 47.4 Å². The molecule has 0 aromatic rings. The monoisotopic (exact) mass is 1130 g/mol. The lowest BCUT2D eigenvalue weighted by Gasteiger charge is -2.20. The van der Waals surface area contributed by atoms with Crippen LogP contribution in [0.15, 0.2) is 12.2 Å². The van der Waals surface area contributed by atoms with Crippen LogP contribution in [0.1, 0.15) is 425 Å². The summed E-state index contributed by atoms with van der Waals surface area (Å²) < 4.78 is 5.49. The highest BCUT2D eigenvalue weighted by molar-refractivity contribution is 5.76. The number of aliphatic hydroxyl groups excluding tert-OH is 2. The van der Waals surface area contributed by atoms with Crippen molar-refractivity contribution in [2.24, 2.45) is 0 Å². The molecule has 6 nitrogen and oxygen atoms in total. The first-order valence-electron chi connectivity index (χ1n) is 37.0. The number of aliphatic hydroxyl groups is 2. The van der Waals surface area contributed by atoms with Crippen molar-refractivity contribution < 1.29 is 24.5 Å². The molecule has 0 aliphatic rings. The van der Waals surface area contributed by atoms with E-state index in [2.05, 4.69) is 19.2 Å². The van der Waals surface area contributed by atoms with E-state index in [0.29, 0.717) is 19.4 Å². The summed E-state index contributed by atoms with van der Waals surface area (Å²) >= 11 is 0. The minimum atomic E-state index is -0.842. The highest BCUT2D eigenvalue weighted by Crippen LogP contribution is 2.20. The van der Waals surface area contributed by atoms with Gasteiger partial charge in [-0.05, 0) is 32.1 Å². The van der Waals surface area contributed by atoms with Crippen molar-refractivity contribution in [3.05, 3.63) is 12.2 Å². The van der Waals surface area contributed by atoms with Gasteiger partial charge in [0.05, 0.1) is 25.4 Å². The van der Waals surface area contributed by atoms with E-state index in [1.807, 2.05) is 6.08 Å². The second-order valence-electron chi connectivity index (χ2n) is 25.6. The van der Waals surface area contributed by atoms with E-state index in [4.69, 9.17) is 4.74 Å². The molecule has 2 atom stereocenters. The zero-order chi connectivity index (χ0) is 57.8. The molecule has 0 aliphatic carbocycles. The molecule has 0 aromatic carbocycles. The zero-order valence-electron chi connectivity index (χ0n) is 54.6. The zero-order valence-corrected chi connectivity index (χ0v) is 54.6. The van der Waals surface area contributed by atoms with Crippen LogP contribution >= 0.6 is 0 Å². The van der Waals surface area contributed by atoms with E-state index in [1.54, 1.807) is 6.08 Å². The van der Waals surface area contributed by atoms with Gasteiger partial charge in [-0.1, -0.05) is 392 Å². The fraction of sp³-hybridized carbons (Fsp3) is 0.946. The second-order valence-corrected chi connectivity index (χ2v) is 25.6. The molecule has 80 heavy (non-hydrogen) atoms. The predicted octanol–water partition coefficient (Wildman–Crippen LogP) is 23.9. The number of allylic oxidation sites excluding steroid dienone is 1. The summed E-state index contributed by atoms with van der Waals surface area (Å²) in [6, 6.07) is -0.625. The Morgan fingerprint density at radius 3 is 0.850 bits per heavy atom. The van der Waals surface area contributed by atoms with Crippen molar-refractivity contribution in [2.75, 3.05) is 13.2 Å². The topological polar surface area (TPSA) is 95.9 Å². The number of carbonyl (C=O) groups is 2. The lowest BCUT2D eigenvalue weighted by molar-refractivity contribution is -0.143. The molecule has 6 heteroatoms. The summed E-state index contributed by atoms with van der Waals surface area (Å²) in [5.41, 5.74) is 0. The van der Waals surface area contributed by atoms with Crippen molar-refractivity contribution >= 4 is 11.9 Å². The van der Waals surface area contributed by atoms with Gasteiger partial charge < -0.3 is 20.3 Å². The lowest BCUT2D eigenvalue weighted by atomic mass is 10.0. The summed E-state index contributed by atoms with van der Waals surface area (Å²) in [5.74, 6) is -0.0370. The van der Waals surface area contributed by atoms with E-state index >= 15 is 0 Å². The Kier molecular flexibility index (Phi) is 68.9. The van der Waals surface area contributed by atoms with Crippen LogP contribution in [0.3, 0.4) is 0 Å². The second kappa shape index (κ2) is 70.1. The Morgan fingerprint density at radius 2 is 0.575 bits per heavy atom. The molecular formula is C74H145NO5. The maximum atomic E-state index is 12.5. The van der Waals surface area contributed by atoms with Crippen molar-refractivity contribution in [2.45, 2.75) is 437 Å². The molecular weight excluding hydrogens is 983 g/mol. The Bertz CT molecular complexity index is 1210. The molecule has 3 N–H and O–H groups in total. The third-order valence-electron chi connectivity index (χ3n) is 17.6. The van der Waals surface area contributed by atoms with Crippen LogP contribution in [0.4, 0.5) is 0 Å². The first-order valence-corrected chi connectivity index (χ1v) is 37.0. The number of nitrogens with one attached hydrogen (secondary N) is 1. The third kappa shape index (κ3) is 65.7. The van der Waals surface area contributed by atoms with Gasteiger partial charge in [0.1, 0.15) is 0 Å². The van der Waals surface area contributed by atoms with Gasteiger partial charge in [0.15, 0.2) is 0 Å². The fourth-order valence-electron chi connectivity index (χ4n) is 11.9. The van der Waals surface area contributed by atoms with Gasteiger partial charge >= 0.3 is 5.97 Å². The number of ether oxygens (including phenoxy) is 1. The molecule has 476 valence electrons. The van der Waals surface area contributed by atoms with E-state index in [1.165, 1.54) is 360 Å². The number of hydrogen-bond acceptors (Lipinski definition) is 5. The van der Waals surface area contributed by atoms with Crippen molar-refractivity contribution in [3.8, 4) is 0 Å². The molecule has 0 saturated carbocycles. The van der Waals surface area contributed by atoms with Crippen LogP contribution < -0.4 is 5.32 Å². The Balaban J connectivity index is 3.35. The van der Waals surface area contributed by atoms with Crippen LogP contribution in [0.2, 0.25) is 0 Å². The molecule has 0 saturated heterocycles. The number of unbranched alkanes of at least 4 members (excludes halogenated alkanes) is 59. The number of rotatable bonds is 70. The Labute approximate surface area is 501 Å². The van der Waals surface area contributed by atoms with Crippen molar-refractivity contribution in [1.82, 2.24) is 5.32 Å². The summed E-state index contributed by atoms with van der Waals surface area (Å²) in [6.45, 7) is 4.96. The van der Waals surface area contributed by atoms with Gasteiger partial charge in [-0.3, -0.25) is 9.59 Å². The minimum absolute atomic E-state index is 0.0224. The highest BCUT2D eigenvalue weighted by Gasteiger charge is 2.18. The molecule has 0 aromatic heterocycles. The van der Waals surface area contributed by atoms with Gasteiger partial charge in [0.2, 0.25) is 5.91 Å². The van der Waals surface area contributed by atoms with Crippen molar-refractivity contribution in [1.29, 1.82) is 0 Å². The van der Waals surface area contributed by atoms with Crippen LogP contribution in [0.5, 0.6) is 0 Å².